The minimum Gasteiger partial charge on any atom is -0.489 e. The molecule has 0 radical (unpaired) electrons. The van der Waals surface area contributed by atoms with Gasteiger partial charge in [-0.1, -0.05) is 0 Å². The molecule has 5 rings (SSSR count). The zero-order chi connectivity index (χ0) is 22.7. The molecule has 9 heteroatoms. The second-order valence-corrected chi connectivity index (χ2v) is 8.77. The summed E-state index contributed by atoms with van der Waals surface area (Å²) in [5.74, 6) is 2.30. The Bertz CT molecular complexity index is 1210. The first-order valence-corrected chi connectivity index (χ1v) is 10.4. The lowest BCUT2D eigenvalue weighted by molar-refractivity contribution is -0.137. The molecule has 2 aromatic carbocycles. The van der Waals surface area contributed by atoms with E-state index < -0.39 is 17.8 Å². The third-order valence-corrected chi connectivity index (χ3v) is 6.06. The van der Waals surface area contributed by atoms with Crippen molar-refractivity contribution >= 4 is 22.4 Å². The van der Waals surface area contributed by atoms with Crippen molar-refractivity contribution in [3.05, 3.63) is 47.3 Å². The number of hydrogen-bond acceptors (Lipinski definition) is 6. The van der Waals surface area contributed by atoms with Gasteiger partial charge in [0.2, 0.25) is 0 Å². The van der Waals surface area contributed by atoms with Gasteiger partial charge in [0.1, 0.15) is 11.6 Å². The highest BCUT2D eigenvalue weighted by Gasteiger charge is 2.46. The van der Waals surface area contributed by atoms with Crippen LogP contribution in [0.1, 0.15) is 42.8 Å². The number of fused-ring (bicyclic) bond motifs is 2. The number of nitrogens with zero attached hydrogens (tertiary/aromatic N) is 2. The molecular formula is C23H23F3N4O2. The Morgan fingerprint density at radius 1 is 1.03 bits per heavy atom. The van der Waals surface area contributed by atoms with Gasteiger partial charge in [0, 0.05) is 22.6 Å². The summed E-state index contributed by atoms with van der Waals surface area (Å²) in [6, 6.07) is 6.74. The number of aromatic nitrogens is 2. The van der Waals surface area contributed by atoms with Crippen LogP contribution in [0, 0.1) is 12.3 Å². The van der Waals surface area contributed by atoms with E-state index in [0.717, 1.165) is 25.0 Å². The van der Waals surface area contributed by atoms with E-state index in [1.165, 1.54) is 6.07 Å². The van der Waals surface area contributed by atoms with Gasteiger partial charge in [-0.2, -0.15) is 13.2 Å². The summed E-state index contributed by atoms with van der Waals surface area (Å²) in [5, 5.41) is 3.93. The standard InChI is InChI=1S/C23H23F3N4O2/c1-12(14-5-15(23(24,25)26)7-16(27)6-14)28-21-17-8-19-20(9-18(17)29-13(2)30-21)32-11-22(3-4-22)10-31-19/h5-9,12H,3-4,10-11,27H2,1-2H3,(H,28,29,30)/t12-/m1/s1. The Balaban J connectivity index is 1.50. The molecule has 6 nitrogen and oxygen atoms in total. The van der Waals surface area contributed by atoms with Crippen LogP contribution < -0.4 is 20.5 Å². The number of nitrogens with one attached hydrogen (secondary N) is 1. The van der Waals surface area contributed by atoms with Crippen LogP contribution in [0.4, 0.5) is 24.7 Å². The molecule has 0 unspecified atom stereocenters. The highest BCUT2D eigenvalue weighted by Crippen LogP contribution is 2.49. The average Bonchev–Trinajstić information content (AvgIpc) is 3.52. The lowest BCUT2D eigenvalue weighted by atomic mass is 10.0. The molecule has 0 saturated heterocycles. The number of benzene rings is 2. The molecule has 2 aliphatic rings. The van der Waals surface area contributed by atoms with Crippen molar-refractivity contribution < 1.29 is 22.6 Å². The van der Waals surface area contributed by atoms with Crippen LogP contribution in [0.3, 0.4) is 0 Å². The molecular weight excluding hydrogens is 421 g/mol. The number of aryl methyl sites for hydroxylation is 1. The fraction of sp³-hybridized carbons (Fsp3) is 0.391. The quantitative estimate of drug-likeness (QED) is 0.536. The van der Waals surface area contributed by atoms with Crippen LogP contribution in [0.25, 0.3) is 10.9 Å². The van der Waals surface area contributed by atoms with E-state index in [2.05, 4.69) is 15.3 Å². The zero-order valence-corrected chi connectivity index (χ0v) is 17.7. The number of rotatable bonds is 3. The zero-order valence-electron chi connectivity index (χ0n) is 17.7. The van der Waals surface area contributed by atoms with Crippen molar-refractivity contribution in [3.63, 3.8) is 0 Å². The van der Waals surface area contributed by atoms with Gasteiger partial charge in [-0.25, -0.2) is 9.97 Å². The number of nitrogen functional groups attached to an aromatic ring is 1. The summed E-state index contributed by atoms with van der Waals surface area (Å²) < 4.78 is 51.7. The molecule has 1 saturated carbocycles. The molecule has 2 heterocycles. The van der Waals surface area contributed by atoms with Gasteiger partial charge >= 0.3 is 6.18 Å². The Kier molecular flexibility index (Phi) is 4.61. The summed E-state index contributed by atoms with van der Waals surface area (Å²) in [4.78, 5) is 9.01. The summed E-state index contributed by atoms with van der Waals surface area (Å²) in [7, 11) is 0. The topological polar surface area (TPSA) is 82.3 Å². The van der Waals surface area contributed by atoms with Crippen molar-refractivity contribution in [1.29, 1.82) is 0 Å². The van der Waals surface area contributed by atoms with Crippen molar-refractivity contribution in [2.45, 2.75) is 38.9 Å². The van der Waals surface area contributed by atoms with Crippen LogP contribution in [0.15, 0.2) is 30.3 Å². The third kappa shape index (κ3) is 3.87. The molecule has 0 amide bonds. The van der Waals surface area contributed by atoms with Crippen molar-refractivity contribution in [3.8, 4) is 11.5 Å². The van der Waals surface area contributed by atoms with Gasteiger partial charge in [0.05, 0.1) is 30.3 Å². The SMILES string of the molecule is Cc1nc(N[C@H](C)c2cc(N)cc(C(F)(F)F)c2)c2cc3c(cc2n1)OCC1(CC1)CO3. The normalized spacial score (nSPS) is 17.8. The van der Waals surface area contributed by atoms with Crippen molar-refractivity contribution in [2.75, 3.05) is 24.3 Å². The number of ether oxygens (including phenoxy) is 2. The first-order valence-electron chi connectivity index (χ1n) is 10.4. The number of halogens is 3. The lowest BCUT2D eigenvalue weighted by Crippen LogP contribution is -2.17. The van der Waals surface area contributed by atoms with Crippen molar-refractivity contribution in [2.24, 2.45) is 5.41 Å². The highest BCUT2D eigenvalue weighted by atomic mass is 19.4. The Labute approximate surface area is 182 Å². The van der Waals surface area contributed by atoms with E-state index in [4.69, 9.17) is 15.2 Å². The summed E-state index contributed by atoms with van der Waals surface area (Å²) in [6.45, 7) is 4.74. The van der Waals surface area contributed by atoms with E-state index in [0.29, 0.717) is 52.8 Å². The van der Waals surface area contributed by atoms with Gasteiger partial charge in [-0.05, 0) is 56.5 Å². The average molecular weight is 444 g/mol. The maximum absolute atomic E-state index is 13.2. The second-order valence-electron chi connectivity index (χ2n) is 8.77. The number of anilines is 2. The Hall–Kier alpha value is -3.23. The summed E-state index contributed by atoms with van der Waals surface area (Å²) >= 11 is 0. The number of nitrogens with two attached hydrogens (primary N) is 1. The molecule has 1 aliphatic heterocycles. The van der Waals surface area contributed by atoms with E-state index in [1.54, 1.807) is 13.8 Å². The van der Waals surface area contributed by atoms with Gasteiger partial charge in [0.15, 0.2) is 11.5 Å². The molecule has 168 valence electrons. The van der Waals surface area contributed by atoms with Crippen molar-refractivity contribution in [1.82, 2.24) is 9.97 Å². The van der Waals surface area contributed by atoms with E-state index in [1.807, 2.05) is 12.1 Å². The Morgan fingerprint density at radius 2 is 1.72 bits per heavy atom. The van der Waals surface area contributed by atoms with Crippen LogP contribution in [0.5, 0.6) is 11.5 Å². The lowest BCUT2D eigenvalue weighted by Gasteiger charge is -2.19. The fourth-order valence-corrected chi connectivity index (χ4v) is 3.94. The van der Waals surface area contributed by atoms with Crippen LogP contribution >= 0.6 is 0 Å². The van der Waals surface area contributed by atoms with Gasteiger partial charge in [-0.15, -0.1) is 0 Å². The predicted octanol–water partition coefficient (Wildman–Crippen LogP) is 5.26. The fourth-order valence-electron chi connectivity index (χ4n) is 3.94. The predicted molar refractivity (Wildman–Crippen MR) is 115 cm³/mol. The molecule has 3 aromatic rings. The van der Waals surface area contributed by atoms with E-state index >= 15 is 0 Å². The van der Waals surface area contributed by atoms with E-state index in [9.17, 15) is 13.2 Å². The first kappa shape index (κ1) is 20.7. The highest BCUT2D eigenvalue weighted by molar-refractivity contribution is 5.92. The summed E-state index contributed by atoms with van der Waals surface area (Å²) in [6.07, 6.45) is -2.30. The Morgan fingerprint density at radius 3 is 2.38 bits per heavy atom. The molecule has 1 aromatic heterocycles. The van der Waals surface area contributed by atoms with Crippen LogP contribution in [0.2, 0.25) is 0 Å². The first-order chi connectivity index (χ1) is 15.1. The third-order valence-electron chi connectivity index (χ3n) is 6.06. The largest absolute Gasteiger partial charge is 0.489 e. The van der Waals surface area contributed by atoms with Gasteiger partial charge < -0.3 is 20.5 Å². The second kappa shape index (κ2) is 7.15. The maximum atomic E-state index is 13.2. The number of hydrogen-bond donors (Lipinski definition) is 2. The van der Waals surface area contributed by atoms with Gasteiger partial charge in [-0.3, -0.25) is 0 Å². The van der Waals surface area contributed by atoms with Crippen LogP contribution in [-0.4, -0.2) is 23.2 Å². The molecule has 1 fully saturated rings. The maximum Gasteiger partial charge on any atom is 0.416 e. The molecule has 0 bridgehead atoms. The molecule has 32 heavy (non-hydrogen) atoms. The number of alkyl halides is 3. The molecule has 1 spiro atoms. The summed E-state index contributed by atoms with van der Waals surface area (Å²) in [5.41, 5.74) is 6.19. The van der Waals surface area contributed by atoms with E-state index in [-0.39, 0.29) is 11.1 Å². The smallest absolute Gasteiger partial charge is 0.416 e. The van der Waals surface area contributed by atoms with Gasteiger partial charge in [0.25, 0.3) is 0 Å². The molecule has 1 aliphatic carbocycles. The molecule has 1 atom stereocenters. The minimum absolute atomic E-state index is 0.0528. The minimum atomic E-state index is -4.48. The van der Waals surface area contributed by atoms with Crippen LogP contribution in [-0.2, 0) is 6.18 Å². The monoisotopic (exact) mass is 444 g/mol. The molecule has 3 N–H and O–H groups in total.